The third-order valence-corrected chi connectivity index (χ3v) is 2.77. The van der Waals surface area contributed by atoms with Crippen LogP contribution in [0.5, 0.6) is 0 Å². The van der Waals surface area contributed by atoms with Crippen molar-refractivity contribution in [1.82, 2.24) is 5.32 Å². The summed E-state index contributed by atoms with van der Waals surface area (Å²) >= 11 is 0. The lowest BCUT2D eigenvalue weighted by Gasteiger charge is -2.24. The van der Waals surface area contributed by atoms with E-state index in [0.717, 1.165) is 24.4 Å². The van der Waals surface area contributed by atoms with Crippen LogP contribution in [0.1, 0.15) is 26.3 Å². The van der Waals surface area contributed by atoms with E-state index >= 15 is 0 Å². The molecule has 19 heavy (non-hydrogen) atoms. The minimum absolute atomic E-state index is 0.107. The van der Waals surface area contributed by atoms with Gasteiger partial charge in [0.05, 0.1) is 11.6 Å². The molecule has 0 heterocycles. The number of benzene rings is 1. The van der Waals surface area contributed by atoms with Gasteiger partial charge in [0, 0.05) is 31.4 Å². The molecule has 0 saturated carbocycles. The van der Waals surface area contributed by atoms with E-state index in [2.05, 4.69) is 43.6 Å². The maximum Gasteiger partial charge on any atom is 0.0991 e. The van der Waals surface area contributed by atoms with Crippen LogP contribution in [0.4, 0.5) is 5.69 Å². The Labute approximate surface area is 116 Å². The average molecular weight is 257 g/mol. The molecule has 1 aromatic carbocycles. The van der Waals surface area contributed by atoms with Crippen LogP contribution in [0.25, 0.3) is 0 Å². The maximum atomic E-state index is 8.77. The molecule has 0 saturated heterocycles. The molecule has 0 aliphatic rings. The molecule has 0 fully saturated rings. The van der Waals surface area contributed by atoms with Crippen LogP contribution >= 0.6 is 0 Å². The van der Waals surface area contributed by atoms with Crippen LogP contribution in [-0.4, -0.2) is 25.7 Å². The van der Waals surface area contributed by atoms with E-state index < -0.39 is 0 Å². The van der Waals surface area contributed by atoms with Crippen molar-refractivity contribution in [2.75, 3.05) is 25.0 Å². The number of nitriles is 1. The highest BCUT2D eigenvalue weighted by Gasteiger charge is 2.10. The van der Waals surface area contributed by atoms with Gasteiger partial charge in [-0.2, -0.15) is 5.26 Å². The molecule has 0 aromatic heterocycles. The zero-order valence-electron chi connectivity index (χ0n) is 12.3. The van der Waals surface area contributed by atoms with E-state index in [1.54, 1.807) is 0 Å². The normalized spacial score (nSPS) is 10.9. The fourth-order valence-electron chi connectivity index (χ4n) is 1.66. The minimum atomic E-state index is 0.107. The Morgan fingerprint density at radius 1 is 1.32 bits per heavy atom. The van der Waals surface area contributed by atoms with Crippen molar-refractivity contribution in [3.63, 3.8) is 0 Å². The molecular weight excluding hydrogens is 234 g/mol. The standard InChI is InChI=1S/C16H23N3/c1-13(11-18-16(2,3)4)12-19(5)15-8-6-14(10-17)7-9-15/h6-9,18H,1,11-12H2,2-5H3. The number of hydrogen-bond acceptors (Lipinski definition) is 3. The van der Waals surface area contributed by atoms with Gasteiger partial charge in [0.15, 0.2) is 0 Å². The molecule has 3 nitrogen and oxygen atoms in total. The van der Waals surface area contributed by atoms with Gasteiger partial charge < -0.3 is 10.2 Å². The van der Waals surface area contributed by atoms with Gasteiger partial charge >= 0.3 is 0 Å². The highest BCUT2D eigenvalue weighted by molar-refractivity contribution is 5.49. The predicted octanol–water partition coefficient (Wildman–Crippen LogP) is 2.94. The lowest BCUT2D eigenvalue weighted by Crippen LogP contribution is -2.38. The monoisotopic (exact) mass is 257 g/mol. The summed E-state index contributed by atoms with van der Waals surface area (Å²) in [5.74, 6) is 0. The van der Waals surface area contributed by atoms with Crippen LogP contribution in [-0.2, 0) is 0 Å². The number of rotatable bonds is 5. The third kappa shape index (κ3) is 5.58. The highest BCUT2D eigenvalue weighted by Crippen LogP contribution is 2.14. The number of likely N-dealkylation sites (N-methyl/N-ethyl adjacent to an activating group) is 1. The zero-order chi connectivity index (χ0) is 14.5. The predicted molar refractivity (Wildman–Crippen MR) is 81.3 cm³/mol. The van der Waals surface area contributed by atoms with E-state index in [9.17, 15) is 0 Å². The molecule has 1 rings (SSSR count). The van der Waals surface area contributed by atoms with Gasteiger partial charge in [-0.1, -0.05) is 6.58 Å². The van der Waals surface area contributed by atoms with E-state index in [4.69, 9.17) is 5.26 Å². The van der Waals surface area contributed by atoms with Crippen molar-refractivity contribution in [2.24, 2.45) is 0 Å². The zero-order valence-corrected chi connectivity index (χ0v) is 12.3. The van der Waals surface area contributed by atoms with Gasteiger partial charge in [-0.15, -0.1) is 0 Å². The van der Waals surface area contributed by atoms with Crippen LogP contribution < -0.4 is 10.2 Å². The Balaban J connectivity index is 2.52. The van der Waals surface area contributed by atoms with Gasteiger partial charge in [-0.3, -0.25) is 0 Å². The van der Waals surface area contributed by atoms with E-state index in [0.29, 0.717) is 5.56 Å². The van der Waals surface area contributed by atoms with E-state index in [1.165, 1.54) is 0 Å². The van der Waals surface area contributed by atoms with Gasteiger partial charge in [0.2, 0.25) is 0 Å². The number of hydrogen-bond donors (Lipinski definition) is 1. The number of nitrogens with one attached hydrogen (secondary N) is 1. The summed E-state index contributed by atoms with van der Waals surface area (Å²) in [4.78, 5) is 2.13. The summed E-state index contributed by atoms with van der Waals surface area (Å²) in [5.41, 5.74) is 3.03. The molecule has 0 aliphatic carbocycles. The second kappa shape index (κ2) is 6.40. The first-order valence-electron chi connectivity index (χ1n) is 6.45. The summed E-state index contributed by atoms with van der Waals surface area (Å²) in [7, 11) is 2.03. The van der Waals surface area contributed by atoms with Crippen LogP contribution in [0.2, 0.25) is 0 Å². The van der Waals surface area contributed by atoms with E-state index in [1.807, 2.05) is 31.3 Å². The first-order valence-corrected chi connectivity index (χ1v) is 6.45. The van der Waals surface area contributed by atoms with Gasteiger partial charge in [0.1, 0.15) is 0 Å². The molecule has 0 unspecified atom stereocenters. The van der Waals surface area contributed by atoms with Crippen LogP contribution in [0.3, 0.4) is 0 Å². The molecule has 1 N–H and O–H groups in total. The van der Waals surface area contributed by atoms with Crippen molar-refractivity contribution in [3.05, 3.63) is 42.0 Å². The lowest BCUT2D eigenvalue weighted by atomic mass is 10.1. The topological polar surface area (TPSA) is 39.1 Å². The Bertz CT molecular complexity index is 460. The lowest BCUT2D eigenvalue weighted by molar-refractivity contribution is 0.443. The smallest absolute Gasteiger partial charge is 0.0991 e. The summed E-state index contributed by atoms with van der Waals surface area (Å²) in [6, 6.07) is 9.72. The van der Waals surface area contributed by atoms with Crippen LogP contribution in [0, 0.1) is 11.3 Å². The summed E-state index contributed by atoms with van der Waals surface area (Å²) in [6.45, 7) is 12.1. The molecule has 0 bridgehead atoms. The SMILES string of the molecule is C=C(CNC(C)(C)C)CN(C)c1ccc(C#N)cc1. The van der Waals surface area contributed by atoms with Crippen molar-refractivity contribution in [3.8, 4) is 6.07 Å². The molecule has 0 radical (unpaired) electrons. The van der Waals surface area contributed by atoms with Gasteiger partial charge in [-0.25, -0.2) is 0 Å². The Morgan fingerprint density at radius 2 is 1.89 bits per heavy atom. The average Bonchev–Trinajstić information content (AvgIpc) is 2.35. The summed E-state index contributed by atoms with van der Waals surface area (Å²) in [6.07, 6.45) is 0. The quantitative estimate of drug-likeness (QED) is 0.824. The summed E-state index contributed by atoms with van der Waals surface area (Å²) < 4.78 is 0. The Hall–Kier alpha value is -1.79. The Kier molecular flexibility index (Phi) is 5.14. The highest BCUT2D eigenvalue weighted by atomic mass is 15.1. The number of anilines is 1. The molecule has 1 aromatic rings. The number of nitrogens with zero attached hydrogens (tertiary/aromatic N) is 2. The fourth-order valence-corrected chi connectivity index (χ4v) is 1.66. The molecule has 0 aliphatic heterocycles. The fraction of sp³-hybridized carbons (Fsp3) is 0.438. The van der Waals surface area contributed by atoms with Crippen molar-refractivity contribution < 1.29 is 0 Å². The molecule has 3 heteroatoms. The van der Waals surface area contributed by atoms with Gasteiger partial charge in [0.25, 0.3) is 0 Å². The van der Waals surface area contributed by atoms with Crippen LogP contribution in [0.15, 0.2) is 36.4 Å². The Morgan fingerprint density at radius 3 is 2.37 bits per heavy atom. The van der Waals surface area contributed by atoms with Gasteiger partial charge in [-0.05, 0) is 50.6 Å². The molecular formula is C16H23N3. The molecule has 0 atom stereocenters. The van der Waals surface area contributed by atoms with Crippen molar-refractivity contribution in [1.29, 1.82) is 5.26 Å². The van der Waals surface area contributed by atoms with Crippen molar-refractivity contribution >= 4 is 5.69 Å². The first-order chi connectivity index (χ1) is 8.81. The second-order valence-corrected chi connectivity index (χ2v) is 5.87. The van der Waals surface area contributed by atoms with E-state index in [-0.39, 0.29) is 5.54 Å². The minimum Gasteiger partial charge on any atom is -0.371 e. The molecule has 0 amide bonds. The molecule has 102 valence electrons. The largest absolute Gasteiger partial charge is 0.371 e. The molecule has 0 spiro atoms. The van der Waals surface area contributed by atoms with Crippen molar-refractivity contribution in [2.45, 2.75) is 26.3 Å². The third-order valence-electron chi connectivity index (χ3n) is 2.77. The summed E-state index contributed by atoms with van der Waals surface area (Å²) in [5, 5.41) is 12.2. The maximum absolute atomic E-state index is 8.77. The first kappa shape index (κ1) is 15.3. The second-order valence-electron chi connectivity index (χ2n) is 5.87.